The molecule has 5 nitrogen and oxygen atoms in total. The van der Waals surface area contributed by atoms with Crippen LogP contribution >= 0.6 is 0 Å². The molecule has 0 fully saturated rings. The molecule has 0 heterocycles. The van der Waals surface area contributed by atoms with Gasteiger partial charge in [0.15, 0.2) is 0 Å². The van der Waals surface area contributed by atoms with Crippen molar-refractivity contribution >= 4 is 17.7 Å². The van der Waals surface area contributed by atoms with E-state index in [-0.39, 0.29) is 5.69 Å². The Balaban J connectivity index is 2.93. The summed E-state index contributed by atoms with van der Waals surface area (Å²) in [6.07, 6.45) is -0.894. The van der Waals surface area contributed by atoms with Crippen LogP contribution in [0.3, 0.4) is 0 Å². The Kier molecular flexibility index (Phi) is 4.08. The standard InChI is InChI=1S/C12H13F2NO4/c1-12(2,3)19-11(18)15-6-4-7(13)9(10(16)17)8(14)5-6/h4-5H,1-3H3,(H,15,18)(H,16,17). The van der Waals surface area contributed by atoms with Crippen LogP contribution in [0.15, 0.2) is 12.1 Å². The number of nitrogens with one attached hydrogen (secondary N) is 1. The van der Waals surface area contributed by atoms with E-state index in [0.29, 0.717) is 12.1 Å². The van der Waals surface area contributed by atoms with E-state index in [1.165, 1.54) is 0 Å². The maximum atomic E-state index is 13.3. The van der Waals surface area contributed by atoms with Gasteiger partial charge in [0.05, 0.1) is 0 Å². The third-order valence-corrected chi connectivity index (χ3v) is 1.90. The van der Waals surface area contributed by atoms with Gasteiger partial charge in [0.2, 0.25) is 0 Å². The van der Waals surface area contributed by atoms with Gasteiger partial charge in [-0.15, -0.1) is 0 Å². The van der Waals surface area contributed by atoms with E-state index in [1.807, 2.05) is 0 Å². The van der Waals surface area contributed by atoms with Gasteiger partial charge < -0.3 is 9.84 Å². The van der Waals surface area contributed by atoms with Crippen molar-refractivity contribution in [3.63, 3.8) is 0 Å². The highest BCUT2D eigenvalue weighted by molar-refractivity contribution is 5.90. The van der Waals surface area contributed by atoms with Gasteiger partial charge in [-0.25, -0.2) is 18.4 Å². The zero-order valence-corrected chi connectivity index (χ0v) is 10.6. The molecule has 0 atom stereocenters. The molecule has 1 aromatic carbocycles. The van der Waals surface area contributed by atoms with Gasteiger partial charge in [-0.2, -0.15) is 0 Å². The minimum atomic E-state index is -1.72. The van der Waals surface area contributed by atoms with Crippen LogP contribution in [0.1, 0.15) is 31.1 Å². The highest BCUT2D eigenvalue weighted by atomic mass is 19.1. The Bertz CT molecular complexity index is 500. The molecule has 0 spiro atoms. The first-order valence-electron chi connectivity index (χ1n) is 5.32. The molecule has 1 rings (SSSR count). The minimum Gasteiger partial charge on any atom is -0.477 e. The topological polar surface area (TPSA) is 75.6 Å². The second-order valence-electron chi connectivity index (χ2n) is 4.75. The number of ether oxygens (including phenoxy) is 1. The van der Waals surface area contributed by atoms with E-state index in [2.05, 4.69) is 5.32 Å². The first kappa shape index (κ1) is 14.9. The quantitative estimate of drug-likeness (QED) is 0.868. The number of carbonyl (C=O) groups excluding carboxylic acids is 1. The molecule has 19 heavy (non-hydrogen) atoms. The maximum Gasteiger partial charge on any atom is 0.412 e. The highest BCUT2D eigenvalue weighted by Gasteiger charge is 2.20. The third kappa shape index (κ3) is 4.20. The summed E-state index contributed by atoms with van der Waals surface area (Å²) in [6, 6.07) is 1.41. The molecule has 1 amide bonds. The number of rotatable bonds is 2. The van der Waals surface area contributed by atoms with E-state index in [0.717, 1.165) is 0 Å². The molecule has 0 unspecified atom stereocenters. The molecule has 0 radical (unpaired) electrons. The van der Waals surface area contributed by atoms with Crippen molar-refractivity contribution in [2.24, 2.45) is 0 Å². The largest absolute Gasteiger partial charge is 0.477 e. The van der Waals surface area contributed by atoms with Crippen LogP contribution in [0.5, 0.6) is 0 Å². The zero-order valence-electron chi connectivity index (χ0n) is 10.6. The number of carboxylic acid groups (broad SMARTS) is 1. The first-order valence-corrected chi connectivity index (χ1v) is 5.32. The molecule has 2 N–H and O–H groups in total. The highest BCUT2D eigenvalue weighted by Crippen LogP contribution is 2.19. The summed E-state index contributed by atoms with van der Waals surface area (Å²) in [7, 11) is 0. The van der Waals surface area contributed by atoms with E-state index in [4.69, 9.17) is 9.84 Å². The monoisotopic (exact) mass is 273 g/mol. The molecule has 0 bridgehead atoms. The summed E-state index contributed by atoms with van der Waals surface area (Å²) >= 11 is 0. The summed E-state index contributed by atoms with van der Waals surface area (Å²) in [6.45, 7) is 4.88. The number of benzene rings is 1. The predicted molar refractivity (Wildman–Crippen MR) is 63.2 cm³/mol. The van der Waals surface area contributed by atoms with E-state index in [1.54, 1.807) is 20.8 Å². The van der Waals surface area contributed by atoms with Crippen molar-refractivity contribution in [1.29, 1.82) is 0 Å². The van der Waals surface area contributed by atoms with Crippen LogP contribution in [0.25, 0.3) is 0 Å². The predicted octanol–water partition coefficient (Wildman–Crippen LogP) is 3.01. The molecule has 0 aromatic heterocycles. The second-order valence-corrected chi connectivity index (χ2v) is 4.75. The molecular weight excluding hydrogens is 260 g/mol. The lowest BCUT2D eigenvalue weighted by Crippen LogP contribution is -2.27. The molecule has 104 valence electrons. The number of hydrogen-bond donors (Lipinski definition) is 2. The van der Waals surface area contributed by atoms with Gasteiger partial charge in [-0.1, -0.05) is 0 Å². The van der Waals surface area contributed by atoms with Gasteiger partial charge in [0.25, 0.3) is 0 Å². The number of carboxylic acids is 1. The summed E-state index contributed by atoms with van der Waals surface area (Å²) in [5.41, 5.74) is -2.06. The normalized spacial score (nSPS) is 11.0. The van der Waals surface area contributed by atoms with Gasteiger partial charge in [0, 0.05) is 5.69 Å². The van der Waals surface area contributed by atoms with Gasteiger partial charge in [0.1, 0.15) is 22.8 Å². The molecule has 0 aliphatic carbocycles. The number of amides is 1. The molecule has 7 heteroatoms. The van der Waals surface area contributed by atoms with Crippen LogP contribution in [0, 0.1) is 11.6 Å². The molecule has 1 aromatic rings. The number of carbonyl (C=O) groups is 2. The van der Waals surface area contributed by atoms with Crippen LogP contribution < -0.4 is 5.32 Å². The molecular formula is C12H13F2NO4. The molecule has 0 saturated heterocycles. The van der Waals surface area contributed by atoms with E-state index >= 15 is 0 Å². The fourth-order valence-electron chi connectivity index (χ4n) is 1.27. The third-order valence-electron chi connectivity index (χ3n) is 1.90. The van der Waals surface area contributed by atoms with Crippen molar-refractivity contribution < 1.29 is 28.2 Å². The van der Waals surface area contributed by atoms with Crippen LogP contribution in [-0.4, -0.2) is 22.8 Å². The van der Waals surface area contributed by atoms with Crippen LogP contribution in [0.4, 0.5) is 19.3 Å². The smallest absolute Gasteiger partial charge is 0.412 e. The maximum absolute atomic E-state index is 13.3. The Morgan fingerprint density at radius 2 is 1.68 bits per heavy atom. The number of anilines is 1. The summed E-state index contributed by atoms with van der Waals surface area (Å²) in [5, 5.41) is 10.7. The van der Waals surface area contributed by atoms with Gasteiger partial charge in [-0.05, 0) is 32.9 Å². The number of halogens is 2. The zero-order chi connectivity index (χ0) is 14.8. The lowest BCUT2D eigenvalue weighted by Gasteiger charge is -2.19. The lowest BCUT2D eigenvalue weighted by atomic mass is 10.2. The molecule has 0 saturated carbocycles. The van der Waals surface area contributed by atoms with Crippen LogP contribution in [-0.2, 0) is 4.74 Å². The van der Waals surface area contributed by atoms with Crippen LogP contribution in [0.2, 0.25) is 0 Å². The fraction of sp³-hybridized carbons (Fsp3) is 0.333. The average Bonchev–Trinajstić information content (AvgIpc) is 2.10. The number of aromatic carboxylic acids is 1. The first-order chi connectivity index (χ1) is 8.60. The molecule has 0 aliphatic heterocycles. The SMILES string of the molecule is CC(C)(C)OC(=O)Nc1cc(F)c(C(=O)O)c(F)c1. The summed E-state index contributed by atoms with van der Waals surface area (Å²) < 4.78 is 31.6. The van der Waals surface area contributed by atoms with Crippen molar-refractivity contribution in [1.82, 2.24) is 0 Å². The fourth-order valence-corrected chi connectivity index (χ4v) is 1.27. The van der Waals surface area contributed by atoms with Crippen molar-refractivity contribution in [3.05, 3.63) is 29.3 Å². The lowest BCUT2D eigenvalue weighted by molar-refractivity contribution is 0.0634. The summed E-state index contributed by atoms with van der Waals surface area (Å²) in [4.78, 5) is 21.9. The Hall–Kier alpha value is -2.18. The van der Waals surface area contributed by atoms with E-state index < -0.39 is 34.9 Å². The van der Waals surface area contributed by atoms with Crippen molar-refractivity contribution in [2.45, 2.75) is 26.4 Å². The Labute approximate surface area is 108 Å². The number of hydrogen-bond acceptors (Lipinski definition) is 3. The molecule has 0 aliphatic rings. The Morgan fingerprint density at radius 1 is 1.21 bits per heavy atom. The van der Waals surface area contributed by atoms with Crippen molar-refractivity contribution in [3.8, 4) is 0 Å². The second kappa shape index (κ2) is 5.21. The Morgan fingerprint density at radius 3 is 2.05 bits per heavy atom. The van der Waals surface area contributed by atoms with Crippen molar-refractivity contribution in [2.75, 3.05) is 5.32 Å². The van der Waals surface area contributed by atoms with Gasteiger partial charge >= 0.3 is 12.1 Å². The summed E-state index contributed by atoms with van der Waals surface area (Å²) in [5.74, 6) is -4.28. The minimum absolute atomic E-state index is 0.228. The average molecular weight is 273 g/mol. The van der Waals surface area contributed by atoms with Gasteiger partial charge in [-0.3, -0.25) is 5.32 Å². The van der Waals surface area contributed by atoms with E-state index in [9.17, 15) is 18.4 Å².